The SMILES string of the molecule is Cc1c(O)c(Br)c(C)c(/C=N/NC(=O)COc2ccc(Cl)cc2Cl)c1O. The minimum absolute atomic E-state index is 0.0468. The molecule has 0 aliphatic carbocycles. The predicted molar refractivity (Wildman–Crippen MR) is 105 cm³/mol. The fourth-order valence-corrected chi connectivity index (χ4v) is 3.02. The number of nitrogens with one attached hydrogen (secondary N) is 1. The highest BCUT2D eigenvalue weighted by molar-refractivity contribution is 9.10. The number of halogens is 3. The Labute approximate surface area is 168 Å². The van der Waals surface area contributed by atoms with Crippen LogP contribution in [0, 0.1) is 13.8 Å². The first-order valence-corrected chi connectivity index (χ1v) is 8.87. The van der Waals surface area contributed by atoms with Crippen LogP contribution in [0.2, 0.25) is 10.0 Å². The molecule has 0 radical (unpaired) electrons. The molecule has 2 rings (SSSR count). The third-order valence-electron chi connectivity index (χ3n) is 3.54. The molecule has 0 fully saturated rings. The lowest BCUT2D eigenvalue weighted by molar-refractivity contribution is -0.123. The number of hydrazone groups is 1. The molecule has 0 aliphatic rings. The van der Waals surface area contributed by atoms with Crippen molar-refractivity contribution in [2.24, 2.45) is 5.10 Å². The van der Waals surface area contributed by atoms with Crippen LogP contribution in [0.4, 0.5) is 0 Å². The predicted octanol–water partition coefficient (Wildman–Crippen LogP) is 4.31. The minimum Gasteiger partial charge on any atom is -0.507 e. The van der Waals surface area contributed by atoms with E-state index in [-0.39, 0.29) is 18.1 Å². The lowest BCUT2D eigenvalue weighted by Crippen LogP contribution is -2.24. The molecule has 0 unspecified atom stereocenters. The zero-order chi connectivity index (χ0) is 19.4. The second-order valence-corrected chi connectivity index (χ2v) is 6.97. The van der Waals surface area contributed by atoms with Gasteiger partial charge in [0.2, 0.25) is 0 Å². The van der Waals surface area contributed by atoms with Crippen LogP contribution >= 0.6 is 39.1 Å². The van der Waals surface area contributed by atoms with Gasteiger partial charge in [0.1, 0.15) is 17.2 Å². The minimum atomic E-state index is -0.515. The van der Waals surface area contributed by atoms with E-state index in [1.54, 1.807) is 26.0 Å². The Kier molecular flexibility index (Phi) is 6.75. The van der Waals surface area contributed by atoms with Gasteiger partial charge >= 0.3 is 0 Å². The molecule has 0 atom stereocenters. The summed E-state index contributed by atoms with van der Waals surface area (Å²) in [6, 6.07) is 4.65. The van der Waals surface area contributed by atoms with Gasteiger partial charge in [0.25, 0.3) is 5.91 Å². The molecule has 0 spiro atoms. The molecule has 3 N–H and O–H groups in total. The lowest BCUT2D eigenvalue weighted by Gasteiger charge is -2.12. The first-order chi connectivity index (χ1) is 12.2. The standard InChI is InChI=1S/C17H15BrCl2N2O4/c1-8-11(16(24)9(2)17(25)15(8)18)6-21-22-14(23)7-26-13-4-3-10(19)5-12(13)20/h3-6,24-25H,7H2,1-2H3,(H,22,23)/b21-6+. The van der Waals surface area contributed by atoms with Crippen LogP contribution < -0.4 is 10.2 Å². The number of ether oxygens (including phenoxy) is 1. The van der Waals surface area contributed by atoms with Gasteiger partial charge in [0.05, 0.1) is 15.7 Å². The van der Waals surface area contributed by atoms with E-state index in [0.717, 1.165) is 0 Å². The number of nitrogens with zero attached hydrogens (tertiary/aromatic N) is 1. The number of carbonyl (C=O) groups is 1. The van der Waals surface area contributed by atoms with Crippen molar-refractivity contribution in [3.63, 3.8) is 0 Å². The highest BCUT2D eigenvalue weighted by Crippen LogP contribution is 2.39. The van der Waals surface area contributed by atoms with E-state index in [4.69, 9.17) is 27.9 Å². The van der Waals surface area contributed by atoms with Gasteiger partial charge in [-0.3, -0.25) is 4.79 Å². The molecular weight excluding hydrogens is 447 g/mol. The summed E-state index contributed by atoms with van der Waals surface area (Å²) in [5.41, 5.74) is 3.54. The Balaban J connectivity index is 2.01. The number of benzene rings is 2. The van der Waals surface area contributed by atoms with Crippen molar-refractivity contribution >= 4 is 51.3 Å². The molecule has 2 aromatic rings. The summed E-state index contributed by atoms with van der Waals surface area (Å²) in [4.78, 5) is 11.8. The van der Waals surface area contributed by atoms with Gasteiger partial charge < -0.3 is 14.9 Å². The Bertz CT molecular complexity index is 859. The van der Waals surface area contributed by atoms with Crippen LogP contribution in [0.1, 0.15) is 16.7 Å². The molecule has 138 valence electrons. The molecule has 26 heavy (non-hydrogen) atoms. The zero-order valence-electron chi connectivity index (χ0n) is 13.8. The summed E-state index contributed by atoms with van der Waals surface area (Å²) < 4.78 is 5.74. The second kappa shape index (κ2) is 8.62. The number of hydrogen-bond donors (Lipinski definition) is 3. The zero-order valence-corrected chi connectivity index (χ0v) is 16.9. The van der Waals surface area contributed by atoms with Crippen molar-refractivity contribution in [1.29, 1.82) is 0 Å². The number of amides is 1. The van der Waals surface area contributed by atoms with Gasteiger partial charge in [-0.05, 0) is 53.5 Å². The van der Waals surface area contributed by atoms with E-state index in [0.29, 0.717) is 37.0 Å². The number of phenolic OH excluding ortho intramolecular Hbond substituents is 2. The van der Waals surface area contributed by atoms with Crippen molar-refractivity contribution in [2.45, 2.75) is 13.8 Å². The summed E-state index contributed by atoms with van der Waals surface area (Å²) in [6.45, 7) is 2.95. The van der Waals surface area contributed by atoms with E-state index in [1.807, 2.05) is 0 Å². The second-order valence-electron chi connectivity index (χ2n) is 5.33. The largest absolute Gasteiger partial charge is 0.507 e. The maximum atomic E-state index is 11.8. The lowest BCUT2D eigenvalue weighted by atomic mass is 10.0. The first kappa shape index (κ1) is 20.4. The summed E-state index contributed by atoms with van der Waals surface area (Å²) in [5.74, 6) is -0.361. The molecule has 1 amide bonds. The van der Waals surface area contributed by atoms with Gasteiger partial charge in [0, 0.05) is 16.1 Å². The smallest absolute Gasteiger partial charge is 0.277 e. The van der Waals surface area contributed by atoms with Gasteiger partial charge in [-0.1, -0.05) is 23.2 Å². The van der Waals surface area contributed by atoms with Crippen LogP contribution in [0.3, 0.4) is 0 Å². The number of hydrogen-bond acceptors (Lipinski definition) is 5. The highest BCUT2D eigenvalue weighted by atomic mass is 79.9. The van der Waals surface area contributed by atoms with Crippen molar-refractivity contribution in [3.05, 3.63) is 49.4 Å². The Morgan fingerprint density at radius 1 is 1.27 bits per heavy atom. The van der Waals surface area contributed by atoms with E-state index in [2.05, 4.69) is 26.5 Å². The van der Waals surface area contributed by atoms with E-state index in [1.165, 1.54) is 12.3 Å². The number of carbonyl (C=O) groups excluding carboxylic acids is 1. The van der Waals surface area contributed by atoms with Gasteiger partial charge in [0.15, 0.2) is 6.61 Å². The van der Waals surface area contributed by atoms with E-state index < -0.39 is 5.91 Å². The topological polar surface area (TPSA) is 91.2 Å². The van der Waals surface area contributed by atoms with Gasteiger partial charge in [-0.2, -0.15) is 5.10 Å². The van der Waals surface area contributed by atoms with Crippen LogP contribution in [-0.4, -0.2) is 28.9 Å². The van der Waals surface area contributed by atoms with Crippen LogP contribution in [-0.2, 0) is 4.79 Å². The molecule has 0 aromatic heterocycles. The first-order valence-electron chi connectivity index (χ1n) is 7.32. The molecule has 0 heterocycles. The third kappa shape index (κ3) is 4.60. The average molecular weight is 462 g/mol. The molecule has 0 saturated heterocycles. The van der Waals surface area contributed by atoms with Crippen LogP contribution in [0.25, 0.3) is 0 Å². The Morgan fingerprint density at radius 3 is 2.62 bits per heavy atom. The summed E-state index contributed by atoms with van der Waals surface area (Å²) in [6.07, 6.45) is 1.29. The average Bonchev–Trinajstić information content (AvgIpc) is 2.60. The number of phenols is 2. The number of rotatable bonds is 5. The van der Waals surface area contributed by atoms with Crippen molar-refractivity contribution in [3.8, 4) is 17.2 Å². The van der Waals surface area contributed by atoms with Crippen molar-refractivity contribution in [2.75, 3.05) is 6.61 Å². The van der Waals surface area contributed by atoms with E-state index in [9.17, 15) is 15.0 Å². The third-order valence-corrected chi connectivity index (χ3v) is 5.04. The van der Waals surface area contributed by atoms with Gasteiger partial charge in [-0.25, -0.2) is 5.43 Å². The Morgan fingerprint density at radius 2 is 1.96 bits per heavy atom. The highest BCUT2D eigenvalue weighted by Gasteiger charge is 2.16. The monoisotopic (exact) mass is 460 g/mol. The molecule has 0 aliphatic heterocycles. The maximum Gasteiger partial charge on any atom is 0.277 e. The van der Waals surface area contributed by atoms with Crippen LogP contribution in [0.5, 0.6) is 17.2 Å². The normalized spacial score (nSPS) is 11.0. The van der Waals surface area contributed by atoms with Crippen LogP contribution in [0.15, 0.2) is 27.8 Å². The maximum absolute atomic E-state index is 11.8. The fourth-order valence-electron chi connectivity index (χ4n) is 2.05. The molecule has 6 nitrogen and oxygen atoms in total. The molecule has 2 aromatic carbocycles. The van der Waals surface area contributed by atoms with Crippen molar-refractivity contribution in [1.82, 2.24) is 5.43 Å². The molecule has 0 bridgehead atoms. The summed E-state index contributed by atoms with van der Waals surface area (Å²) in [7, 11) is 0. The fraction of sp³-hybridized carbons (Fsp3) is 0.176. The summed E-state index contributed by atoms with van der Waals surface area (Å²) >= 11 is 15.0. The van der Waals surface area contributed by atoms with E-state index >= 15 is 0 Å². The van der Waals surface area contributed by atoms with Crippen molar-refractivity contribution < 1.29 is 19.7 Å². The van der Waals surface area contributed by atoms with Gasteiger partial charge in [-0.15, -0.1) is 0 Å². The molecule has 0 saturated carbocycles. The molecule has 9 heteroatoms. The Hall–Kier alpha value is -1.96. The molecular formula is C17H15BrCl2N2O4. The number of aromatic hydroxyl groups is 2. The summed E-state index contributed by atoms with van der Waals surface area (Å²) in [5, 5.41) is 24.5. The quantitative estimate of drug-likeness (QED) is 0.457.